The van der Waals surface area contributed by atoms with Gasteiger partial charge in [-0.15, -0.1) is 0 Å². The summed E-state index contributed by atoms with van der Waals surface area (Å²) in [4.78, 5) is 14.7. The molecule has 1 unspecified atom stereocenters. The van der Waals surface area contributed by atoms with Crippen molar-refractivity contribution in [1.82, 2.24) is 10.2 Å². The molecule has 0 saturated carbocycles. The van der Waals surface area contributed by atoms with Crippen molar-refractivity contribution in [1.29, 1.82) is 0 Å². The molecule has 24 heavy (non-hydrogen) atoms. The molecule has 1 heterocycles. The zero-order valence-electron chi connectivity index (χ0n) is 14.9. The van der Waals surface area contributed by atoms with E-state index >= 15 is 0 Å². The summed E-state index contributed by atoms with van der Waals surface area (Å²) in [5.74, 6) is -0.127. The number of rotatable bonds is 7. The van der Waals surface area contributed by atoms with Crippen molar-refractivity contribution in [3.05, 3.63) is 35.6 Å². The van der Waals surface area contributed by atoms with Crippen LogP contribution in [0.25, 0.3) is 0 Å². The van der Waals surface area contributed by atoms with Crippen molar-refractivity contribution >= 4 is 5.91 Å². The smallest absolute Gasteiger partial charge is 0.224 e. The molecule has 3 N–H and O–H groups in total. The van der Waals surface area contributed by atoms with Crippen LogP contribution in [0.3, 0.4) is 0 Å². The topological polar surface area (TPSA) is 58.4 Å². The number of nitrogens with zero attached hydrogens (tertiary/aromatic N) is 1. The van der Waals surface area contributed by atoms with Crippen LogP contribution in [0.5, 0.6) is 0 Å². The van der Waals surface area contributed by atoms with Crippen LogP contribution in [-0.2, 0) is 11.3 Å². The molecule has 4 nitrogen and oxygen atoms in total. The van der Waals surface area contributed by atoms with Gasteiger partial charge < -0.3 is 11.1 Å². The average Bonchev–Trinajstić information content (AvgIpc) is 2.59. The molecule has 1 amide bonds. The Hall–Kier alpha value is -1.46. The molecule has 1 atom stereocenters. The minimum atomic E-state index is -0.314. The summed E-state index contributed by atoms with van der Waals surface area (Å²) < 4.78 is 13.3. The zero-order valence-corrected chi connectivity index (χ0v) is 14.9. The van der Waals surface area contributed by atoms with Gasteiger partial charge in [0.25, 0.3) is 0 Å². The van der Waals surface area contributed by atoms with Crippen LogP contribution in [0.1, 0.15) is 45.1 Å². The number of amides is 1. The van der Waals surface area contributed by atoms with E-state index in [1.54, 1.807) is 12.1 Å². The Kier molecular flexibility index (Phi) is 6.75. The lowest BCUT2D eigenvalue weighted by Crippen LogP contribution is -2.51. The molecule has 1 aromatic rings. The van der Waals surface area contributed by atoms with Gasteiger partial charge in [0.15, 0.2) is 0 Å². The zero-order chi connectivity index (χ0) is 17.6. The Labute approximate surface area is 144 Å². The first-order valence-corrected chi connectivity index (χ1v) is 8.99. The average molecular weight is 335 g/mol. The van der Waals surface area contributed by atoms with Gasteiger partial charge in [-0.25, -0.2) is 4.39 Å². The molecule has 1 aliphatic heterocycles. The third kappa shape index (κ3) is 5.28. The van der Waals surface area contributed by atoms with Crippen molar-refractivity contribution in [2.24, 2.45) is 11.7 Å². The van der Waals surface area contributed by atoms with Crippen LogP contribution >= 0.6 is 0 Å². The van der Waals surface area contributed by atoms with Crippen LogP contribution < -0.4 is 11.1 Å². The van der Waals surface area contributed by atoms with Gasteiger partial charge in [-0.05, 0) is 49.9 Å². The fourth-order valence-electron chi connectivity index (χ4n) is 3.21. The number of carbonyl (C=O) groups excluding carboxylic acids is 1. The molecule has 0 spiro atoms. The quantitative estimate of drug-likeness (QED) is 0.805. The highest BCUT2D eigenvalue weighted by atomic mass is 19.1. The third-order valence-electron chi connectivity index (χ3n) is 5.19. The molecule has 2 rings (SSSR count). The van der Waals surface area contributed by atoms with Crippen molar-refractivity contribution in [2.45, 2.75) is 51.6 Å². The minimum absolute atomic E-state index is 0.00901. The van der Waals surface area contributed by atoms with Crippen molar-refractivity contribution in [2.75, 3.05) is 19.6 Å². The van der Waals surface area contributed by atoms with Crippen molar-refractivity contribution in [3.63, 3.8) is 0 Å². The van der Waals surface area contributed by atoms with Crippen LogP contribution in [-0.4, -0.2) is 36.0 Å². The number of hydrogen-bond donors (Lipinski definition) is 2. The van der Waals surface area contributed by atoms with Crippen molar-refractivity contribution < 1.29 is 9.18 Å². The maximum absolute atomic E-state index is 13.3. The van der Waals surface area contributed by atoms with Gasteiger partial charge in [-0.2, -0.15) is 0 Å². The number of halogens is 1. The van der Waals surface area contributed by atoms with Gasteiger partial charge in [0.05, 0.1) is 5.92 Å². The second-order valence-electron chi connectivity index (χ2n) is 6.99. The minimum Gasteiger partial charge on any atom is -0.354 e. The molecule has 1 aromatic carbocycles. The molecule has 0 aliphatic carbocycles. The molecule has 5 heteroatoms. The van der Waals surface area contributed by atoms with Gasteiger partial charge in [0.1, 0.15) is 5.82 Å². The van der Waals surface area contributed by atoms with E-state index in [9.17, 15) is 9.18 Å². The summed E-state index contributed by atoms with van der Waals surface area (Å²) in [7, 11) is 0. The summed E-state index contributed by atoms with van der Waals surface area (Å²) in [6.07, 6.45) is 3.59. The number of benzene rings is 1. The molecule has 1 aliphatic rings. The molecule has 1 fully saturated rings. The lowest BCUT2D eigenvalue weighted by molar-refractivity contribution is -0.127. The first kappa shape index (κ1) is 18.9. The summed E-state index contributed by atoms with van der Waals surface area (Å²) in [6.45, 7) is 6.99. The molecule has 0 bridgehead atoms. The van der Waals surface area contributed by atoms with E-state index in [-0.39, 0.29) is 23.2 Å². The lowest BCUT2D eigenvalue weighted by atomic mass is 9.93. The van der Waals surface area contributed by atoms with E-state index in [4.69, 9.17) is 5.73 Å². The number of nitrogens with two attached hydrogens (primary N) is 1. The fourth-order valence-corrected chi connectivity index (χ4v) is 3.21. The molecule has 134 valence electrons. The molecule has 0 aromatic heterocycles. The van der Waals surface area contributed by atoms with Crippen molar-refractivity contribution in [3.8, 4) is 0 Å². The monoisotopic (exact) mass is 335 g/mol. The molecular weight excluding hydrogens is 305 g/mol. The van der Waals surface area contributed by atoms with Gasteiger partial charge >= 0.3 is 0 Å². The van der Waals surface area contributed by atoms with E-state index < -0.39 is 0 Å². The number of likely N-dealkylation sites (tertiary alicyclic amines) is 1. The summed E-state index contributed by atoms with van der Waals surface area (Å²) >= 11 is 0. The first-order valence-electron chi connectivity index (χ1n) is 8.99. The van der Waals surface area contributed by atoms with Crippen LogP contribution in [0.4, 0.5) is 4.39 Å². The molecule has 0 radical (unpaired) electrons. The number of hydrogen-bond acceptors (Lipinski definition) is 3. The second kappa shape index (κ2) is 8.58. The Bertz CT molecular complexity index is 545. The van der Waals surface area contributed by atoms with Crippen LogP contribution in [0.15, 0.2) is 24.3 Å². The highest BCUT2D eigenvalue weighted by Crippen LogP contribution is 2.19. The predicted octanol–water partition coefficient (Wildman–Crippen LogP) is 2.67. The van der Waals surface area contributed by atoms with Crippen LogP contribution in [0, 0.1) is 11.7 Å². The Morgan fingerprint density at radius 1 is 1.42 bits per heavy atom. The fraction of sp³-hybridized carbons (Fsp3) is 0.632. The summed E-state index contributed by atoms with van der Waals surface area (Å²) in [5.41, 5.74) is 6.90. The van der Waals surface area contributed by atoms with E-state index in [0.717, 1.165) is 44.3 Å². The summed E-state index contributed by atoms with van der Waals surface area (Å²) in [6, 6.07) is 6.68. The predicted molar refractivity (Wildman–Crippen MR) is 94.9 cm³/mol. The van der Waals surface area contributed by atoms with E-state index in [2.05, 4.69) is 24.1 Å². The normalized spacial score (nSPS) is 19.2. The molecular formula is C19H30FN3O. The molecule has 1 saturated heterocycles. The standard InChI is InChI=1S/C19H30FN3O/c1-3-19(21,4-2)14-22-18(24)16-8-6-10-23(13-16)12-15-7-5-9-17(20)11-15/h5,7,9,11,16H,3-4,6,8,10,12-14,21H2,1-2H3,(H,22,24). The Morgan fingerprint density at radius 2 is 2.17 bits per heavy atom. The highest BCUT2D eigenvalue weighted by molar-refractivity contribution is 5.79. The number of piperidine rings is 1. The number of nitrogens with one attached hydrogen (secondary N) is 1. The largest absolute Gasteiger partial charge is 0.354 e. The Balaban J connectivity index is 1.87. The lowest BCUT2D eigenvalue weighted by Gasteiger charge is -2.33. The van der Waals surface area contributed by atoms with E-state index in [1.165, 1.54) is 6.07 Å². The maximum atomic E-state index is 13.3. The second-order valence-corrected chi connectivity index (χ2v) is 6.99. The van der Waals surface area contributed by atoms with Gasteiger partial charge in [-0.3, -0.25) is 9.69 Å². The van der Waals surface area contributed by atoms with Gasteiger partial charge in [0, 0.05) is 25.2 Å². The first-order chi connectivity index (χ1) is 11.5. The van der Waals surface area contributed by atoms with Gasteiger partial charge in [0.2, 0.25) is 5.91 Å². The van der Waals surface area contributed by atoms with E-state index in [0.29, 0.717) is 13.1 Å². The number of carbonyl (C=O) groups is 1. The SMILES string of the molecule is CCC(N)(CC)CNC(=O)C1CCCN(Cc2cccc(F)c2)C1. The third-order valence-corrected chi connectivity index (χ3v) is 5.19. The Morgan fingerprint density at radius 3 is 2.83 bits per heavy atom. The highest BCUT2D eigenvalue weighted by Gasteiger charge is 2.28. The van der Waals surface area contributed by atoms with Crippen LogP contribution in [0.2, 0.25) is 0 Å². The maximum Gasteiger partial charge on any atom is 0.224 e. The van der Waals surface area contributed by atoms with Gasteiger partial charge in [-0.1, -0.05) is 26.0 Å². The van der Waals surface area contributed by atoms with E-state index in [1.807, 2.05) is 6.07 Å². The summed E-state index contributed by atoms with van der Waals surface area (Å²) in [5, 5.41) is 3.04.